The summed E-state index contributed by atoms with van der Waals surface area (Å²) in [4.78, 5) is 43.0. The molecule has 1 fully saturated rings. The third-order valence-electron chi connectivity index (χ3n) is 4.88. The zero-order valence-electron chi connectivity index (χ0n) is 17.0. The van der Waals surface area contributed by atoms with E-state index in [-0.39, 0.29) is 24.7 Å². The number of rotatable bonds is 6. The fourth-order valence-electron chi connectivity index (χ4n) is 3.49. The predicted octanol–water partition coefficient (Wildman–Crippen LogP) is 3.68. The van der Waals surface area contributed by atoms with Gasteiger partial charge in [0, 0.05) is 24.9 Å². The molecule has 3 aromatic rings. The predicted molar refractivity (Wildman–Crippen MR) is 119 cm³/mol. The molecular formula is C23H21N3O4S. The van der Waals surface area contributed by atoms with Gasteiger partial charge in [-0.25, -0.2) is 0 Å². The molecule has 3 amide bonds. The summed E-state index contributed by atoms with van der Waals surface area (Å²) in [5, 5.41) is 0. The lowest BCUT2D eigenvalue weighted by molar-refractivity contribution is -0.121. The summed E-state index contributed by atoms with van der Waals surface area (Å²) in [7, 11) is 0. The Morgan fingerprint density at radius 1 is 1.19 bits per heavy atom. The molecule has 7 nitrogen and oxygen atoms in total. The van der Waals surface area contributed by atoms with Gasteiger partial charge in [-0.15, -0.1) is 6.58 Å². The molecule has 0 saturated carbocycles. The summed E-state index contributed by atoms with van der Waals surface area (Å²) in [5.74, 6) is -0.210. The minimum atomic E-state index is -0.449. The molecule has 1 aliphatic rings. The van der Waals surface area contributed by atoms with E-state index >= 15 is 0 Å². The number of thiazole rings is 1. The minimum absolute atomic E-state index is 0.189. The number of aromatic nitrogens is 1. The van der Waals surface area contributed by atoms with Crippen LogP contribution >= 0.6 is 11.3 Å². The van der Waals surface area contributed by atoms with Crippen LogP contribution in [0.3, 0.4) is 0 Å². The number of amides is 3. The second kappa shape index (κ2) is 8.69. The highest BCUT2D eigenvalue weighted by molar-refractivity contribution is 7.16. The van der Waals surface area contributed by atoms with E-state index in [0.29, 0.717) is 29.2 Å². The molecule has 0 spiro atoms. The van der Waals surface area contributed by atoms with Gasteiger partial charge >= 0.3 is 0 Å². The van der Waals surface area contributed by atoms with E-state index in [0.717, 1.165) is 20.9 Å². The maximum absolute atomic E-state index is 12.9. The van der Waals surface area contributed by atoms with Crippen LogP contribution < -0.4 is 14.4 Å². The molecule has 0 N–H and O–H groups in total. The van der Waals surface area contributed by atoms with Crippen molar-refractivity contribution < 1.29 is 19.1 Å². The molecule has 1 aromatic heterocycles. The van der Waals surface area contributed by atoms with E-state index in [4.69, 9.17) is 4.74 Å². The number of ether oxygens (including phenoxy) is 1. The number of benzene rings is 2. The molecule has 8 heteroatoms. The van der Waals surface area contributed by atoms with Crippen LogP contribution in [-0.2, 0) is 16.1 Å². The average Bonchev–Trinajstić information content (AvgIpc) is 3.27. The van der Waals surface area contributed by atoms with Crippen molar-refractivity contribution in [3.8, 4) is 5.75 Å². The van der Waals surface area contributed by atoms with Gasteiger partial charge in [0.2, 0.25) is 11.8 Å². The third-order valence-corrected chi connectivity index (χ3v) is 5.92. The fraction of sp³-hybridized carbons (Fsp3) is 0.217. The minimum Gasteiger partial charge on any atom is -0.494 e. The SMILES string of the molecule is C=CCn1c(=NC(=O)c2cccc(N3C(=O)CCC3=O)c2)sc2cc(OCC)ccc21. The van der Waals surface area contributed by atoms with Gasteiger partial charge in [-0.05, 0) is 43.3 Å². The van der Waals surface area contributed by atoms with Crippen molar-refractivity contribution in [1.29, 1.82) is 0 Å². The van der Waals surface area contributed by atoms with Gasteiger partial charge in [0.15, 0.2) is 4.80 Å². The largest absolute Gasteiger partial charge is 0.494 e. The molecule has 0 atom stereocenters. The van der Waals surface area contributed by atoms with Gasteiger partial charge in [-0.2, -0.15) is 4.99 Å². The number of fused-ring (bicyclic) bond motifs is 1. The van der Waals surface area contributed by atoms with Gasteiger partial charge in [-0.1, -0.05) is 23.5 Å². The molecule has 4 rings (SSSR count). The number of imide groups is 1. The summed E-state index contributed by atoms with van der Waals surface area (Å²) in [6.45, 7) is 6.79. The Kier molecular flexibility index (Phi) is 5.81. The van der Waals surface area contributed by atoms with Crippen LogP contribution in [-0.4, -0.2) is 28.9 Å². The lowest BCUT2D eigenvalue weighted by Crippen LogP contribution is -2.28. The number of carbonyl (C=O) groups excluding carboxylic acids is 3. The van der Waals surface area contributed by atoms with Gasteiger partial charge in [-0.3, -0.25) is 19.3 Å². The zero-order chi connectivity index (χ0) is 22.0. The molecule has 158 valence electrons. The van der Waals surface area contributed by atoms with E-state index < -0.39 is 5.91 Å². The Bertz CT molecular complexity index is 1260. The van der Waals surface area contributed by atoms with Gasteiger partial charge in [0.25, 0.3) is 5.91 Å². The van der Waals surface area contributed by atoms with Crippen LogP contribution in [0.5, 0.6) is 5.75 Å². The molecule has 0 bridgehead atoms. The third kappa shape index (κ3) is 4.06. The van der Waals surface area contributed by atoms with Crippen molar-refractivity contribution in [1.82, 2.24) is 4.57 Å². The fourth-order valence-corrected chi connectivity index (χ4v) is 4.56. The van der Waals surface area contributed by atoms with Crippen molar-refractivity contribution in [2.24, 2.45) is 4.99 Å². The van der Waals surface area contributed by atoms with Gasteiger partial charge < -0.3 is 9.30 Å². The van der Waals surface area contributed by atoms with Crippen molar-refractivity contribution in [3.63, 3.8) is 0 Å². The highest BCUT2D eigenvalue weighted by Crippen LogP contribution is 2.25. The Morgan fingerprint density at radius 3 is 2.68 bits per heavy atom. The quantitative estimate of drug-likeness (QED) is 0.437. The maximum Gasteiger partial charge on any atom is 0.279 e. The lowest BCUT2D eigenvalue weighted by Gasteiger charge is -2.14. The highest BCUT2D eigenvalue weighted by atomic mass is 32.1. The number of nitrogens with zero attached hydrogens (tertiary/aromatic N) is 3. The molecule has 0 radical (unpaired) electrons. The van der Waals surface area contributed by atoms with E-state index in [1.54, 1.807) is 24.3 Å². The molecule has 0 aliphatic carbocycles. The Balaban J connectivity index is 1.74. The molecule has 2 aromatic carbocycles. The number of hydrogen-bond acceptors (Lipinski definition) is 5. The monoisotopic (exact) mass is 435 g/mol. The number of allylic oxidation sites excluding steroid dienone is 1. The Labute approximate surface area is 182 Å². The first-order chi connectivity index (χ1) is 15.0. The number of anilines is 1. The standard InChI is InChI=1S/C23H21N3O4S/c1-3-12-25-18-9-8-17(30-4-2)14-19(18)31-23(25)24-22(29)15-6-5-7-16(13-15)26-20(27)10-11-21(26)28/h3,5-9,13-14H,1,4,10-12H2,2H3. The van der Waals surface area contributed by atoms with Crippen LogP contribution in [0.15, 0.2) is 60.1 Å². The smallest absolute Gasteiger partial charge is 0.279 e. The van der Waals surface area contributed by atoms with Crippen LogP contribution in [0.25, 0.3) is 10.2 Å². The summed E-state index contributed by atoms with van der Waals surface area (Å²) in [6, 6.07) is 12.2. The van der Waals surface area contributed by atoms with Gasteiger partial charge in [0.1, 0.15) is 5.75 Å². The first-order valence-corrected chi connectivity index (χ1v) is 10.8. The molecular weight excluding hydrogens is 414 g/mol. The summed E-state index contributed by atoms with van der Waals surface area (Å²) < 4.78 is 8.43. The zero-order valence-corrected chi connectivity index (χ0v) is 17.9. The van der Waals surface area contributed by atoms with E-state index in [1.807, 2.05) is 29.7 Å². The molecule has 0 unspecified atom stereocenters. The van der Waals surface area contributed by atoms with E-state index in [9.17, 15) is 14.4 Å². The topological polar surface area (TPSA) is 81.0 Å². The maximum atomic E-state index is 12.9. The molecule has 1 saturated heterocycles. The molecule has 31 heavy (non-hydrogen) atoms. The van der Waals surface area contributed by atoms with Crippen molar-refractivity contribution in [3.05, 3.63) is 65.5 Å². The second-order valence-corrected chi connectivity index (χ2v) is 7.95. The van der Waals surface area contributed by atoms with E-state index in [1.165, 1.54) is 17.4 Å². The normalized spacial score (nSPS) is 14.5. The summed E-state index contributed by atoms with van der Waals surface area (Å²) in [6.07, 6.45) is 2.13. The number of carbonyl (C=O) groups is 3. The van der Waals surface area contributed by atoms with Crippen LogP contribution in [0.1, 0.15) is 30.1 Å². The van der Waals surface area contributed by atoms with Crippen molar-refractivity contribution >= 4 is 45.0 Å². The first-order valence-electron chi connectivity index (χ1n) is 9.94. The van der Waals surface area contributed by atoms with Gasteiger partial charge in [0.05, 0.1) is 22.5 Å². The number of hydrogen-bond donors (Lipinski definition) is 0. The van der Waals surface area contributed by atoms with Crippen LogP contribution in [0, 0.1) is 0 Å². The molecule has 2 heterocycles. The average molecular weight is 436 g/mol. The van der Waals surface area contributed by atoms with Crippen molar-refractivity contribution in [2.75, 3.05) is 11.5 Å². The summed E-state index contributed by atoms with van der Waals surface area (Å²) in [5.41, 5.74) is 1.63. The second-order valence-electron chi connectivity index (χ2n) is 6.94. The van der Waals surface area contributed by atoms with Crippen LogP contribution in [0.2, 0.25) is 0 Å². The highest BCUT2D eigenvalue weighted by Gasteiger charge is 2.30. The van der Waals surface area contributed by atoms with Crippen molar-refractivity contribution in [2.45, 2.75) is 26.3 Å². The summed E-state index contributed by atoms with van der Waals surface area (Å²) >= 11 is 1.39. The molecule has 1 aliphatic heterocycles. The Morgan fingerprint density at radius 2 is 1.97 bits per heavy atom. The van der Waals surface area contributed by atoms with Crippen LogP contribution in [0.4, 0.5) is 5.69 Å². The Hall–Kier alpha value is -3.52. The first kappa shape index (κ1) is 20.7. The lowest BCUT2D eigenvalue weighted by atomic mass is 10.2. The van der Waals surface area contributed by atoms with E-state index in [2.05, 4.69) is 11.6 Å².